The van der Waals surface area contributed by atoms with Gasteiger partial charge in [-0.05, 0) is 57.1 Å². The Balaban J connectivity index is 1.51. The van der Waals surface area contributed by atoms with Crippen LogP contribution in [0.4, 0.5) is 0 Å². The Labute approximate surface area is 146 Å². The van der Waals surface area contributed by atoms with Crippen molar-refractivity contribution in [1.82, 2.24) is 0 Å². The second-order valence-electron chi connectivity index (χ2n) is 5.41. The smallest absolute Gasteiger partial charge is 0.401 e. The highest BCUT2D eigenvalue weighted by Crippen LogP contribution is 2.45. The average molecular weight is 353 g/mol. The standard InChI is InChI=1S/C20H14ClO2P/c21-24(22-19-11-9-15-5-1-3-7-17(15)13-19)23-20-12-10-16-6-2-4-8-18(16)14-20/h1-14H. The summed E-state index contributed by atoms with van der Waals surface area (Å²) in [6.07, 6.45) is 0. The molecule has 0 bridgehead atoms. The topological polar surface area (TPSA) is 18.5 Å². The monoisotopic (exact) mass is 352 g/mol. The summed E-state index contributed by atoms with van der Waals surface area (Å²) in [4.78, 5) is 0. The van der Waals surface area contributed by atoms with Gasteiger partial charge in [0, 0.05) is 0 Å². The van der Waals surface area contributed by atoms with Gasteiger partial charge in [0.05, 0.1) is 0 Å². The van der Waals surface area contributed by atoms with Crippen LogP contribution in [0.1, 0.15) is 0 Å². The molecule has 0 aliphatic carbocycles. The Morgan fingerprint density at radius 2 is 0.958 bits per heavy atom. The van der Waals surface area contributed by atoms with Gasteiger partial charge in [-0.3, -0.25) is 0 Å². The predicted octanol–water partition coefficient (Wildman–Crippen LogP) is 6.92. The molecule has 0 spiro atoms. The summed E-state index contributed by atoms with van der Waals surface area (Å²) >= 11 is 6.27. The first kappa shape index (κ1) is 15.3. The molecular formula is C20H14ClO2P. The van der Waals surface area contributed by atoms with Gasteiger partial charge in [-0.15, -0.1) is 0 Å². The Kier molecular flexibility index (Phi) is 4.25. The van der Waals surface area contributed by atoms with Crippen molar-refractivity contribution in [1.29, 1.82) is 0 Å². The molecule has 0 unspecified atom stereocenters. The Morgan fingerprint density at radius 3 is 1.42 bits per heavy atom. The van der Waals surface area contributed by atoms with Crippen molar-refractivity contribution >= 4 is 40.5 Å². The van der Waals surface area contributed by atoms with Crippen LogP contribution >= 0.6 is 19.0 Å². The zero-order valence-electron chi connectivity index (χ0n) is 12.7. The van der Waals surface area contributed by atoms with Crippen molar-refractivity contribution in [3.05, 3.63) is 84.9 Å². The summed E-state index contributed by atoms with van der Waals surface area (Å²) in [6.45, 7) is 0. The highest BCUT2D eigenvalue weighted by molar-refractivity contribution is 7.76. The van der Waals surface area contributed by atoms with E-state index in [0.717, 1.165) is 10.8 Å². The SMILES string of the molecule is ClP(Oc1ccc2ccccc2c1)Oc1ccc2ccccc2c1. The lowest BCUT2D eigenvalue weighted by Crippen LogP contribution is -1.90. The average Bonchev–Trinajstić information content (AvgIpc) is 2.61. The molecular weight excluding hydrogens is 339 g/mol. The maximum atomic E-state index is 6.27. The van der Waals surface area contributed by atoms with Crippen LogP contribution in [0, 0.1) is 0 Å². The Hall–Kier alpha value is -2.28. The van der Waals surface area contributed by atoms with Crippen LogP contribution in [0.25, 0.3) is 21.5 Å². The fourth-order valence-corrected chi connectivity index (χ4v) is 3.71. The van der Waals surface area contributed by atoms with E-state index in [0.29, 0.717) is 11.5 Å². The third-order valence-electron chi connectivity index (χ3n) is 3.80. The van der Waals surface area contributed by atoms with Crippen molar-refractivity contribution in [3.8, 4) is 11.5 Å². The van der Waals surface area contributed by atoms with Crippen molar-refractivity contribution in [2.75, 3.05) is 0 Å². The lowest BCUT2D eigenvalue weighted by atomic mass is 10.1. The zero-order chi connectivity index (χ0) is 16.4. The van der Waals surface area contributed by atoms with E-state index in [1.165, 1.54) is 10.8 Å². The van der Waals surface area contributed by atoms with Crippen LogP contribution in [0.3, 0.4) is 0 Å². The lowest BCUT2D eigenvalue weighted by Gasteiger charge is -2.13. The molecule has 0 N–H and O–H groups in total. The van der Waals surface area contributed by atoms with Crippen molar-refractivity contribution in [2.45, 2.75) is 0 Å². The van der Waals surface area contributed by atoms with E-state index in [1.807, 2.05) is 72.8 Å². The molecule has 0 amide bonds. The zero-order valence-corrected chi connectivity index (χ0v) is 14.4. The molecule has 118 valence electrons. The van der Waals surface area contributed by atoms with Gasteiger partial charge in [0.2, 0.25) is 0 Å². The van der Waals surface area contributed by atoms with Crippen LogP contribution in [-0.2, 0) is 0 Å². The molecule has 4 rings (SSSR count). The number of benzene rings is 4. The summed E-state index contributed by atoms with van der Waals surface area (Å²) in [6, 6.07) is 28.0. The molecule has 4 aromatic rings. The van der Waals surface area contributed by atoms with Crippen molar-refractivity contribution < 1.29 is 9.05 Å². The molecule has 4 aromatic carbocycles. The number of hydrogen-bond acceptors (Lipinski definition) is 2. The largest absolute Gasteiger partial charge is 0.427 e. The summed E-state index contributed by atoms with van der Waals surface area (Å²) < 4.78 is 11.5. The molecule has 0 fully saturated rings. The highest BCUT2D eigenvalue weighted by atomic mass is 35.7. The van der Waals surface area contributed by atoms with E-state index in [4.69, 9.17) is 20.3 Å². The molecule has 0 radical (unpaired) electrons. The van der Waals surface area contributed by atoms with Gasteiger partial charge in [-0.2, -0.15) is 0 Å². The maximum absolute atomic E-state index is 6.27. The normalized spacial score (nSPS) is 11.1. The molecule has 0 heterocycles. The van der Waals surface area contributed by atoms with Crippen molar-refractivity contribution in [2.24, 2.45) is 0 Å². The van der Waals surface area contributed by atoms with Gasteiger partial charge < -0.3 is 9.05 Å². The first-order valence-electron chi connectivity index (χ1n) is 7.57. The molecule has 0 saturated heterocycles. The first-order valence-corrected chi connectivity index (χ1v) is 9.66. The number of fused-ring (bicyclic) bond motifs is 2. The quantitative estimate of drug-likeness (QED) is 0.371. The molecule has 0 aliphatic heterocycles. The van der Waals surface area contributed by atoms with Gasteiger partial charge in [0.15, 0.2) is 0 Å². The predicted molar refractivity (Wildman–Crippen MR) is 102 cm³/mol. The Morgan fingerprint density at radius 1 is 0.542 bits per heavy atom. The molecule has 2 nitrogen and oxygen atoms in total. The first-order chi connectivity index (χ1) is 11.8. The molecule has 4 heteroatoms. The summed E-state index contributed by atoms with van der Waals surface area (Å²) in [7, 11) is -1.57. The van der Waals surface area contributed by atoms with Crippen LogP contribution in [0.15, 0.2) is 84.9 Å². The van der Waals surface area contributed by atoms with Gasteiger partial charge in [-0.25, -0.2) is 0 Å². The minimum Gasteiger partial charge on any atom is -0.427 e. The summed E-state index contributed by atoms with van der Waals surface area (Å²) in [5.41, 5.74) is 0. The van der Waals surface area contributed by atoms with Crippen LogP contribution in [0.2, 0.25) is 0 Å². The van der Waals surface area contributed by atoms with Gasteiger partial charge in [-0.1, -0.05) is 60.7 Å². The highest BCUT2D eigenvalue weighted by Gasteiger charge is 2.12. The molecule has 0 saturated carbocycles. The maximum Gasteiger partial charge on any atom is 0.401 e. The minimum atomic E-state index is -1.57. The van der Waals surface area contributed by atoms with Gasteiger partial charge in [0.25, 0.3) is 0 Å². The lowest BCUT2D eigenvalue weighted by molar-refractivity contribution is 0.509. The third-order valence-corrected chi connectivity index (χ3v) is 4.92. The van der Waals surface area contributed by atoms with Gasteiger partial charge in [0.1, 0.15) is 11.5 Å². The van der Waals surface area contributed by atoms with E-state index < -0.39 is 7.73 Å². The molecule has 24 heavy (non-hydrogen) atoms. The van der Waals surface area contributed by atoms with Gasteiger partial charge >= 0.3 is 7.73 Å². The molecule has 0 atom stereocenters. The van der Waals surface area contributed by atoms with E-state index in [2.05, 4.69) is 12.1 Å². The minimum absolute atomic E-state index is 0.704. The summed E-state index contributed by atoms with van der Waals surface area (Å²) in [5.74, 6) is 1.41. The number of halogens is 1. The van der Waals surface area contributed by atoms with E-state index in [-0.39, 0.29) is 0 Å². The van der Waals surface area contributed by atoms with Crippen LogP contribution in [0.5, 0.6) is 11.5 Å². The molecule has 0 aromatic heterocycles. The van der Waals surface area contributed by atoms with E-state index in [9.17, 15) is 0 Å². The van der Waals surface area contributed by atoms with Crippen LogP contribution in [-0.4, -0.2) is 0 Å². The van der Waals surface area contributed by atoms with E-state index in [1.54, 1.807) is 0 Å². The van der Waals surface area contributed by atoms with Crippen LogP contribution < -0.4 is 9.05 Å². The van der Waals surface area contributed by atoms with Crippen molar-refractivity contribution in [3.63, 3.8) is 0 Å². The second kappa shape index (κ2) is 6.68. The van der Waals surface area contributed by atoms with E-state index >= 15 is 0 Å². The fourth-order valence-electron chi connectivity index (χ4n) is 2.63. The number of hydrogen-bond donors (Lipinski definition) is 0. The molecule has 0 aliphatic rings. The number of rotatable bonds is 4. The second-order valence-corrected chi connectivity index (χ2v) is 7.03. The summed E-state index contributed by atoms with van der Waals surface area (Å²) in [5, 5.41) is 4.56. The third kappa shape index (κ3) is 3.31. The Bertz CT molecular complexity index is 921. The fraction of sp³-hybridized carbons (Fsp3) is 0.